The van der Waals surface area contributed by atoms with Gasteiger partial charge in [-0.05, 0) is 41.7 Å². The number of hydrogen-bond acceptors (Lipinski definition) is 1. The Kier molecular flexibility index (Phi) is 13.7. The average Bonchev–Trinajstić information content (AvgIpc) is 3.15. The van der Waals surface area contributed by atoms with Gasteiger partial charge in [-0.25, -0.2) is 0 Å². The van der Waals surface area contributed by atoms with Crippen molar-refractivity contribution in [1.82, 2.24) is 0 Å². The molecule has 1 heterocycles. The summed E-state index contributed by atoms with van der Waals surface area (Å²) >= 11 is 2.09. The van der Waals surface area contributed by atoms with Crippen LogP contribution in [0, 0.1) is 5.92 Å². The van der Waals surface area contributed by atoms with Gasteiger partial charge in [0.05, 0.1) is 0 Å². The van der Waals surface area contributed by atoms with Gasteiger partial charge >= 0.3 is 0 Å². The molecule has 0 bridgehead atoms. The van der Waals surface area contributed by atoms with E-state index in [1.54, 1.807) is 9.75 Å². The Balaban J connectivity index is 0.00000326. The first-order valence-corrected chi connectivity index (χ1v) is 12.7. The van der Waals surface area contributed by atoms with Crippen LogP contribution in [-0.4, -0.2) is 0 Å². The van der Waals surface area contributed by atoms with Crippen molar-refractivity contribution in [1.29, 1.82) is 0 Å². The molecule has 1 aromatic heterocycles. The fraction of sp³-hybridized carbons (Fsp3) is 0.846. The molecule has 0 saturated heterocycles. The minimum absolute atomic E-state index is 0.315. The molecule has 0 fully saturated rings. The highest BCUT2D eigenvalue weighted by Gasteiger charge is 2.29. The smallest absolute Gasteiger partial charge is 0.0105 e. The monoisotopic (exact) mass is 394 g/mol. The molecule has 160 valence electrons. The zero-order chi connectivity index (χ0) is 20.9. The van der Waals surface area contributed by atoms with Gasteiger partial charge in [0.2, 0.25) is 0 Å². The summed E-state index contributed by atoms with van der Waals surface area (Å²) in [5, 5.41) is 0. The molecule has 0 radical (unpaired) electrons. The molecule has 0 aliphatic heterocycles. The number of thiophene rings is 1. The second-order valence-corrected chi connectivity index (χ2v) is 10.4. The van der Waals surface area contributed by atoms with Gasteiger partial charge < -0.3 is 0 Å². The number of hydrogen-bond donors (Lipinski definition) is 0. The number of unbranched alkanes of at least 4 members (excludes halogenated alkanes) is 4. The predicted octanol–water partition coefficient (Wildman–Crippen LogP) is 9.91. The van der Waals surface area contributed by atoms with Crippen molar-refractivity contribution in [3.05, 3.63) is 21.9 Å². The molecule has 1 rings (SSSR count). The van der Waals surface area contributed by atoms with Crippen LogP contribution >= 0.6 is 11.3 Å². The third-order valence-electron chi connectivity index (χ3n) is 5.92. The Bertz CT molecular complexity index is 466. The zero-order valence-electron chi connectivity index (χ0n) is 20.2. The normalized spacial score (nSPS) is 13.2. The fourth-order valence-corrected chi connectivity index (χ4v) is 5.29. The van der Waals surface area contributed by atoms with E-state index in [9.17, 15) is 0 Å². The highest BCUT2D eigenvalue weighted by Crippen LogP contribution is 2.41. The van der Waals surface area contributed by atoms with Gasteiger partial charge in [-0.2, -0.15) is 0 Å². The van der Waals surface area contributed by atoms with Crippen LogP contribution in [0.4, 0.5) is 0 Å². The van der Waals surface area contributed by atoms with Crippen LogP contribution in [-0.2, 0) is 10.8 Å². The van der Waals surface area contributed by atoms with Crippen molar-refractivity contribution >= 4 is 11.3 Å². The molecule has 1 atom stereocenters. The van der Waals surface area contributed by atoms with Crippen molar-refractivity contribution in [3.8, 4) is 0 Å². The minimum Gasteiger partial charge on any atom is -0.144 e. The summed E-state index contributed by atoms with van der Waals surface area (Å²) < 4.78 is 0. The van der Waals surface area contributed by atoms with Gasteiger partial charge in [-0.15, -0.1) is 11.3 Å². The summed E-state index contributed by atoms with van der Waals surface area (Å²) in [6.07, 6.45) is 13.6. The Labute approximate surface area is 176 Å². The SMILES string of the molecule is CC.CCCCCCCC(C)(C)c1ccc(C(C)(C)CC(CC)CCC)s1. The molecule has 1 heteroatoms. The van der Waals surface area contributed by atoms with Crippen molar-refractivity contribution in [2.75, 3.05) is 0 Å². The first-order valence-electron chi connectivity index (χ1n) is 11.9. The van der Waals surface area contributed by atoms with Gasteiger partial charge in [0, 0.05) is 9.75 Å². The van der Waals surface area contributed by atoms with E-state index in [1.165, 1.54) is 64.2 Å². The van der Waals surface area contributed by atoms with Gasteiger partial charge in [0.1, 0.15) is 0 Å². The topological polar surface area (TPSA) is 0 Å². The fourth-order valence-electron chi connectivity index (χ4n) is 4.04. The van der Waals surface area contributed by atoms with E-state index in [1.807, 2.05) is 13.8 Å². The van der Waals surface area contributed by atoms with E-state index in [-0.39, 0.29) is 0 Å². The van der Waals surface area contributed by atoms with Gasteiger partial charge in [0.15, 0.2) is 0 Å². The molecule has 0 N–H and O–H groups in total. The molecule has 0 spiro atoms. The van der Waals surface area contributed by atoms with Crippen molar-refractivity contribution < 1.29 is 0 Å². The molecular weight excluding hydrogens is 344 g/mol. The van der Waals surface area contributed by atoms with Gasteiger partial charge in [-0.3, -0.25) is 0 Å². The van der Waals surface area contributed by atoms with Crippen LogP contribution in [0.25, 0.3) is 0 Å². The van der Waals surface area contributed by atoms with E-state index in [4.69, 9.17) is 0 Å². The quantitative estimate of drug-likeness (QED) is 0.292. The summed E-state index contributed by atoms with van der Waals surface area (Å²) in [5.74, 6) is 0.872. The maximum Gasteiger partial charge on any atom is 0.0105 e. The summed E-state index contributed by atoms with van der Waals surface area (Å²) in [6.45, 7) is 20.8. The molecule has 0 amide bonds. The Morgan fingerprint density at radius 1 is 0.778 bits per heavy atom. The van der Waals surface area contributed by atoms with Crippen LogP contribution < -0.4 is 0 Å². The standard InChI is InChI=1S/C24H44S.C2H6/c1-8-11-12-13-14-18-23(4,5)21-16-17-22(25-21)24(6,7)19-20(10-3)15-9-2;1-2/h16-17,20H,8-15,18-19H2,1-7H3;1-2H3. The van der Waals surface area contributed by atoms with E-state index in [2.05, 4.69) is 71.9 Å². The maximum atomic E-state index is 2.46. The zero-order valence-corrected chi connectivity index (χ0v) is 21.0. The molecule has 0 nitrogen and oxygen atoms in total. The second-order valence-electron chi connectivity index (χ2n) is 9.36. The lowest BCUT2D eigenvalue weighted by molar-refractivity contribution is 0.335. The molecule has 1 unspecified atom stereocenters. The van der Waals surface area contributed by atoms with Crippen LogP contribution in [0.3, 0.4) is 0 Å². The van der Waals surface area contributed by atoms with Crippen LogP contribution in [0.5, 0.6) is 0 Å². The highest BCUT2D eigenvalue weighted by atomic mass is 32.1. The predicted molar refractivity (Wildman–Crippen MR) is 128 cm³/mol. The first kappa shape index (κ1) is 26.7. The summed E-state index contributed by atoms with van der Waals surface area (Å²) in [7, 11) is 0. The van der Waals surface area contributed by atoms with Crippen LogP contribution in [0.2, 0.25) is 0 Å². The molecule has 0 saturated carbocycles. The van der Waals surface area contributed by atoms with E-state index < -0.39 is 0 Å². The lowest BCUT2D eigenvalue weighted by atomic mass is 9.79. The molecule has 0 aliphatic rings. The highest BCUT2D eigenvalue weighted by molar-refractivity contribution is 7.12. The van der Waals surface area contributed by atoms with Crippen molar-refractivity contribution in [3.63, 3.8) is 0 Å². The maximum absolute atomic E-state index is 2.46. The minimum atomic E-state index is 0.315. The molecule has 27 heavy (non-hydrogen) atoms. The summed E-state index contributed by atoms with van der Waals surface area (Å²) in [5.41, 5.74) is 0.648. The number of rotatable bonds is 13. The lowest BCUT2D eigenvalue weighted by Crippen LogP contribution is -2.20. The van der Waals surface area contributed by atoms with Crippen molar-refractivity contribution in [2.45, 2.75) is 137 Å². The lowest BCUT2D eigenvalue weighted by Gasteiger charge is -2.29. The summed E-state index contributed by atoms with van der Waals surface area (Å²) in [4.78, 5) is 3.19. The largest absolute Gasteiger partial charge is 0.144 e. The second kappa shape index (κ2) is 13.8. The third kappa shape index (κ3) is 9.64. The van der Waals surface area contributed by atoms with Crippen molar-refractivity contribution in [2.24, 2.45) is 5.92 Å². The summed E-state index contributed by atoms with van der Waals surface area (Å²) in [6, 6.07) is 4.85. The van der Waals surface area contributed by atoms with Crippen LogP contribution in [0.1, 0.15) is 136 Å². The average molecular weight is 395 g/mol. The Morgan fingerprint density at radius 3 is 1.85 bits per heavy atom. The van der Waals surface area contributed by atoms with Gasteiger partial charge in [-0.1, -0.05) is 114 Å². The molecule has 1 aromatic rings. The van der Waals surface area contributed by atoms with Crippen LogP contribution in [0.15, 0.2) is 12.1 Å². The molecule has 0 aliphatic carbocycles. The first-order chi connectivity index (χ1) is 12.8. The molecule has 0 aromatic carbocycles. The Hall–Kier alpha value is -0.300. The Morgan fingerprint density at radius 2 is 1.33 bits per heavy atom. The third-order valence-corrected chi connectivity index (χ3v) is 7.74. The van der Waals surface area contributed by atoms with E-state index >= 15 is 0 Å². The van der Waals surface area contributed by atoms with E-state index in [0.717, 1.165) is 5.92 Å². The molecular formula is C26H50S. The van der Waals surface area contributed by atoms with Gasteiger partial charge in [0.25, 0.3) is 0 Å². The van der Waals surface area contributed by atoms with E-state index in [0.29, 0.717) is 10.8 Å².